The Kier molecular flexibility index (Phi) is 9.57. The van der Waals surface area contributed by atoms with E-state index in [9.17, 15) is 14.9 Å². The lowest BCUT2D eigenvalue weighted by Crippen LogP contribution is -2.40. The molecule has 6 nitrogen and oxygen atoms in total. The third-order valence-corrected chi connectivity index (χ3v) is 7.70. The zero-order valence-electron chi connectivity index (χ0n) is 23.9. The number of nitrogens with zero attached hydrogens (tertiary/aromatic N) is 2. The molecular formula is C34H36FN3O3. The highest BCUT2D eigenvalue weighted by Crippen LogP contribution is 2.41. The van der Waals surface area contributed by atoms with Gasteiger partial charge in [-0.15, -0.1) is 0 Å². The summed E-state index contributed by atoms with van der Waals surface area (Å²) in [6, 6.07) is 20.9. The molecule has 0 spiro atoms. The minimum Gasteiger partial charge on any atom is -0.463 e. The van der Waals surface area contributed by atoms with Crippen molar-refractivity contribution in [2.45, 2.75) is 45.4 Å². The van der Waals surface area contributed by atoms with Crippen LogP contribution in [0.1, 0.15) is 55.7 Å². The van der Waals surface area contributed by atoms with Crippen molar-refractivity contribution < 1.29 is 18.7 Å². The van der Waals surface area contributed by atoms with Crippen molar-refractivity contribution in [1.29, 1.82) is 5.26 Å². The Morgan fingerprint density at radius 1 is 1.07 bits per heavy atom. The number of nitriles is 1. The summed E-state index contributed by atoms with van der Waals surface area (Å²) in [5, 5.41) is 12.8. The minimum atomic E-state index is -0.719. The number of benzene rings is 3. The monoisotopic (exact) mass is 553 g/mol. The number of nitrogens with one attached hydrogen (secondary N) is 1. The van der Waals surface area contributed by atoms with Gasteiger partial charge in [0.05, 0.1) is 29.3 Å². The zero-order valence-corrected chi connectivity index (χ0v) is 23.9. The fraction of sp³-hybridized carbons (Fsp3) is 0.324. The van der Waals surface area contributed by atoms with Crippen LogP contribution in [-0.4, -0.2) is 32.6 Å². The molecule has 1 aliphatic rings. The molecule has 0 bridgehead atoms. The molecule has 0 saturated heterocycles. The van der Waals surface area contributed by atoms with Crippen LogP contribution in [-0.2, 0) is 20.7 Å². The quantitative estimate of drug-likeness (QED) is 0.225. The van der Waals surface area contributed by atoms with E-state index in [4.69, 9.17) is 4.74 Å². The van der Waals surface area contributed by atoms with Gasteiger partial charge in [-0.2, -0.15) is 5.26 Å². The molecule has 3 aromatic rings. The van der Waals surface area contributed by atoms with E-state index in [2.05, 4.69) is 11.4 Å². The first-order valence-corrected chi connectivity index (χ1v) is 14.0. The predicted molar refractivity (Wildman–Crippen MR) is 161 cm³/mol. The van der Waals surface area contributed by atoms with E-state index < -0.39 is 17.2 Å². The number of amides is 1. The molecule has 1 fully saturated rings. The van der Waals surface area contributed by atoms with Gasteiger partial charge in [0.2, 0.25) is 5.91 Å². The van der Waals surface area contributed by atoms with Gasteiger partial charge >= 0.3 is 5.97 Å². The highest BCUT2D eigenvalue weighted by molar-refractivity contribution is 5.96. The Bertz CT molecular complexity index is 1470. The molecule has 3 aromatic carbocycles. The fourth-order valence-electron chi connectivity index (χ4n) is 5.47. The molecule has 212 valence electrons. The van der Waals surface area contributed by atoms with E-state index in [-0.39, 0.29) is 23.8 Å². The first kappa shape index (κ1) is 29.5. The molecule has 0 heterocycles. The molecule has 1 aliphatic carbocycles. The summed E-state index contributed by atoms with van der Waals surface area (Å²) in [5.74, 6) is -1.40. The van der Waals surface area contributed by atoms with Gasteiger partial charge in [0.25, 0.3) is 0 Å². The Balaban J connectivity index is 1.58. The van der Waals surface area contributed by atoms with Gasteiger partial charge in [-0.05, 0) is 73.2 Å². The first-order valence-electron chi connectivity index (χ1n) is 14.0. The molecule has 1 amide bonds. The van der Waals surface area contributed by atoms with Crippen LogP contribution in [0.2, 0.25) is 0 Å². The fourth-order valence-corrected chi connectivity index (χ4v) is 5.47. The van der Waals surface area contributed by atoms with Gasteiger partial charge in [-0.3, -0.25) is 4.79 Å². The molecule has 1 saturated carbocycles. The van der Waals surface area contributed by atoms with Gasteiger partial charge in [-0.25, -0.2) is 9.18 Å². The van der Waals surface area contributed by atoms with Crippen LogP contribution in [0.4, 0.5) is 15.8 Å². The van der Waals surface area contributed by atoms with Gasteiger partial charge < -0.3 is 15.0 Å². The first-order chi connectivity index (χ1) is 19.8. The Hall–Kier alpha value is -4.44. The van der Waals surface area contributed by atoms with Crippen LogP contribution < -0.4 is 10.2 Å². The van der Waals surface area contributed by atoms with Crippen molar-refractivity contribution in [2.24, 2.45) is 5.41 Å². The van der Waals surface area contributed by atoms with Gasteiger partial charge in [0, 0.05) is 31.4 Å². The maximum Gasteiger partial charge on any atom is 0.330 e. The van der Waals surface area contributed by atoms with E-state index >= 15 is 4.39 Å². The smallest absolute Gasteiger partial charge is 0.330 e. The van der Waals surface area contributed by atoms with Crippen LogP contribution in [0, 0.1) is 22.6 Å². The van der Waals surface area contributed by atoms with Gasteiger partial charge in [0.1, 0.15) is 0 Å². The number of hydrogen-bond acceptors (Lipinski definition) is 5. The second-order valence-electron chi connectivity index (χ2n) is 10.7. The molecule has 0 atom stereocenters. The minimum absolute atomic E-state index is 0.0696. The van der Waals surface area contributed by atoms with Crippen LogP contribution >= 0.6 is 0 Å². The highest BCUT2D eigenvalue weighted by atomic mass is 19.1. The van der Waals surface area contributed by atoms with Crippen LogP contribution in [0.25, 0.3) is 17.2 Å². The normalized spacial score (nSPS) is 14.3. The molecule has 41 heavy (non-hydrogen) atoms. The number of carbonyl (C=O) groups is 2. The maximum atomic E-state index is 15.3. The van der Waals surface area contributed by atoms with Crippen LogP contribution in [0.5, 0.6) is 0 Å². The molecule has 0 aromatic heterocycles. The van der Waals surface area contributed by atoms with Gasteiger partial charge in [-0.1, -0.05) is 55.7 Å². The lowest BCUT2D eigenvalue weighted by atomic mass is 9.69. The van der Waals surface area contributed by atoms with Gasteiger partial charge in [0.15, 0.2) is 5.82 Å². The number of carbonyl (C=O) groups excluding carboxylic acids is 2. The number of rotatable bonds is 9. The average Bonchev–Trinajstić information content (AvgIpc) is 2.98. The van der Waals surface area contributed by atoms with E-state index in [1.165, 1.54) is 24.3 Å². The summed E-state index contributed by atoms with van der Waals surface area (Å²) >= 11 is 0. The van der Waals surface area contributed by atoms with E-state index in [1.807, 2.05) is 61.5 Å². The number of hydrogen-bond donors (Lipinski definition) is 1. The third-order valence-electron chi connectivity index (χ3n) is 7.70. The second kappa shape index (κ2) is 13.3. The largest absolute Gasteiger partial charge is 0.463 e. The SMILES string of the molecule is CCOC(=O)/C=C/c1cccc(NC(=O)C2(Cc3ccc(-c4ccc(N(C)C)cc4)c(C#N)c3)CCCCC2)c1F. The second-order valence-corrected chi connectivity index (χ2v) is 10.7. The highest BCUT2D eigenvalue weighted by Gasteiger charge is 2.40. The predicted octanol–water partition coefficient (Wildman–Crippen LogP) is 7.14. The molecule has 0 unspecified atom stereocenters. The van der Waals surface area contributed by atoms with Crippen molar-refractivity contribution in [1.82, 2.24) is 0 Å². The van der Waals surface area contributed by atoms with Crippen molar-refractivity contribution in [3.8, 4) is 17.2 Å². The van der Waals surface area contributed by atoms with Crippen molar-refractivity contribution in [3.05, 3.63) is 89.2 Å². The summed E-state index contributed by atoms with van der Waals surface area (Å²) < 4.78 is 20.2. The summed E-state index contributed by atoms with van der Waals surface area (Å²) in [6.07, 6.45) is 7.18. The lowest BCUT2D eigenvalue weighted by molar-refractivity contribution is -0.137. The summed E-state index contributed by atoms with van der Waals surface area (Å²) in [5.41, 5.74) is 3.86. The molecule has 4 rings (SSSR count). The van der Waals surface area contributed by atoms with Crippen molar-refractivity contribution >= 4 is 29.3 Å². The molecule has 1 N–H and O–H groups in total. The summed E-state index contributed by atoms with van der Waals surface area (Å²) in [7, 11) is 3.96. The topological polar surface area (TPSA) is 82.4 Å². The maximum absolute atomic E-state index is 15.3. The Morgan fingerprint density at radius 2 is 1.80 bits per heavy atom. The Labute approximate surface area is 241 Å². The lowest BCUT2D eigenvalue weighted by Gasteiger charge is -2.36. The number of esters is 1. The molecular weight excluding hydrogens is 517 g/mol. The van der Waals surface area contributed by atoms with E-state index in [1.54, 1.807) is 13.0 Å². The Morgan fingerprint density at radius 3 is 2.46 bits per heavy atom. The van der Waals surface area contributed by atoms with E-state index in [0.717, 1.165) is 41.6 Å². The number of halogens is 1. The number of anilines is 2. The summed E-state index contributed by atoms with van der Waals surface area (Å²) in [4.78, 5) is 27.5. The van der Waals surface area contributed by atoms with Crippen molar-refractivity contribution in [2.75, 3.05) is 30.9 Å². The third kappa shape index (κ3) is 7.01. The van der Waals surface area contributed by atoms with Crippen LogP contribution in [0.15, 0.2) is 66.7 Å². The average molecular weight is 554 g/mol. The zero-order chi connectivity index (χ0) is 29.4. The van der Waals surface area contributed by atoms with Crippen molar-refractivity contribution in [3.63, 3.8) is 0 Å². The van der Waals surface area contributed by atoms with E-state index in [0.29, 0.717) is 24.8 Å². The molecule has 0 radical (unpaired) electrons. The molecule has 7 heteroatoms. The van der Waals surface area contributed by atoms with Crippen LogP contribution in [0.3, 0.4) is 0 Å². The number of ether oxygens (including phenoxy) is 1. The molecule has 0 aliphatic heterocycles. The standard InChI is InChI=1S/C34H36FN3O3/c1-4-41-31(39)18-14-26-9-8-10-30(32(26)35)37-33(40)34(19-6-5-7-20-34)22-24-11-17-29(27(21-24)23-36)25-12-15-28(16-13-25)38(2)3/h8-18,21H,4-7,19-20,22H2,1-3H3,(H,37,40)/b18-14+. The summed E-state index contributed by atoms with van der Waals surface area (Å²) in [6.45, 7) is 1.93.